The number of esters is 1. The number of cyclic esters (lactones) is 1. The van der Waals surface area contributed by atoms with Gasteiger partial charge in [-0.2, -0.15) is 0 Å². The second-order valence-corrected chi connectivity index (χ2v) is 3.16. The van der Waals surface area contributed by atoms with Crippen molar-refractivity contribution < 1.29 is 14.6 Å². The van der Waals surface area contributed by atoms with E-state index in [1.807, 2.05) is 13.8 Å². The molecule has 0 aliphatic carbocycles. The average molecular weight is 144 g/mol. The first-order chi connectivity index (χ1) is 4.56. The average Bonchev–Trinajstić information content (AvgIpc) is 2.04. The van der Waals surface area contributed by atoms with Crippen LogP contribution in [-0.4, -0.2) is 23.3 Å². The van der Waals surface area contributed by atoms with Gasteiger partial charge in [0.05, 0.1) is 13.0 Å². The standard InChI is InChI=1S/C7H12O3/c1-7(2)5(4-8)3-6(9)10-7/h5,8H,3-4H2,1-2H3/t5-/m0/s1. The lowest BCUT2D eigenvalue weighted by molar-refractivity contribution is -0.146. The second kappa shape index (κ2) is 2.23. The van der Waals surface area contributed by atoms with Crippen molar-refractivity contribution in [3.63, 3.8) is 0 Å². The highest BCUT2D eigenvalue weighted by atomic mass is 16.6. The topological polar surface area (TPSA) is 46.5 Å². The second-order valence-electron chi connectivity index (χ2n) is 3.16. The molecule has 1 fully saturated rings. The van der Waals surface area contributed by atoms with Crippen LogP contribution < -0.4 is 0 Å². The Bertz CT molecular complexity index is 151. The summed E-state index contributed by atoms with van der Waals surface area (Å²) in [5, 5.41) is 8.79. The van der Waals surface area contributed by atoms with Crippen LogP contribution in [0.5, 0.6) is 0 Å². The van der Waals surface area contributed by atoms with Gasteiger partial charge in [-0.1, -0.05) is 0 Å². The fourth-order valence-corrected chi connectivity index (χ4v) is 1.15. The molecular weight excluding hydrogens is 132 g/mol. The van der Waals surface area contributed by atoms with Crippen molar-refractivity contribution in [2.24, 2.45) is 5.92 Å². The maximum absolute atomic E-state index is 10.7. The van der Waals surface area contributed by atoms with Gasteiger partial charge in [0.1, 0.15) is 5.60 Å². The van der Waals surface area contributed by atoms with Gasteiger partial charge in [0.25, 0.3) is 0 Å². The van der Waals surface area contributed by atoms with E-state index in [1.54, 1.807) is 0 Å². The molecule has 3 nitrogen and oxygen atoms in total. The van der Waals surface area contributed by atoms with Crippen LogP contribution in [0.3, 0.4) is 0 Å². The van der Waals surface area contributed by atoms with Gasteiger partial charge in [-0.15, -0.1) is 0 Å². The van der Waals surface area contributed by atoms with Crippen molar-refractivity contribution in [3.8, 4) is 0 Å². The maximum atomic E-state index is 10.7. The summed E-state index contributed by atoms with van der Waals surface area (Å²) in [4.78, 5) is 10.7. The van der Waals surface area contributed by atoms with Gasteiger partial charge in [-0.25, -0.2) is 0 Å². The molecule has 0 unspecified atom stereocenters. The normalized spacial score (nSPS) is 30.3. The summed E-state index contributed by atoms with van der Waals surface area (Å²) in [6.07, 6.45) is 0.351. The Morgan fingerprint density at radius 2 is 2.40 bits per heavy atom. The van der Waals surface area contributed by atoms with E-state index < -0.39 is 5.60 Å². The summed E-state index contributed by atoms with van der Waals surface area (Å²) >= 11 is 0. The zero-order chi connectivity index (χ0) is 7.78. The van der Waals surface area contributed by atoms with E-state index in [2.05, 4.69) is 0 Å². The number of hydrogen-bond acceptors (Lipinski definition) is 3. The highest BCUT2D eigenvalue weighted by molar-refractivity contribution is 5.72. The minimum atomic E-state index is -0.466. The van der Waals surface area contributed by atoms with Crippen molar-refractivity contribution in [1.29, 1.82) is 0 Å². The van der Waals surface area contributed by atoms with Crippen LogP contribution in [0, 0.1) is 5.92 Å². The molecule has 0 aromatic carbocycles. The van der Waals surface area contributed by atoms with Gasteiger partial charge in [0, 0.05) is 5.92 Å². The molecule has 1 aliphatic rings. The SMILES string of the molecule is CC1(C)OC(=O)C[C@H]1CO. The van der Waals surface area contributed by atoms with Crippen molar-refractivity contribution in [2.75, 3.05) is 6.61 Å². The Hall–Kier alpha value is -0.570. The van der Waals surface area contributed by atoms with Crippen LogP contribution in [0.1, 0.15) is 20.3 Å². The quantitative estimate of drug-likeness (QED) is 0.539. The molecule has 1 heterocycles. The van der Waals surface area contributed by atoms with Crippen molar-refractivity contribution >= 4 is 5.97 Å². The highest BCUT2D eigenvalue weighted by Gasteiger charge is 2.40. The lowest BCUT2D eigenvalue weighted by Gasteiger charge is -2.22. The molecule has 3 heteroatoms. The Morgan fingerprint density at radius 3 is 2.60 bits per heavy atom. The summed E-state index contributed by atoms with van der Waals surface area (Å²) in [7, 11) is 0. The minimum absolute atomic E-state index is 0.0265. The van der Waals surface area contributed by atoms with Gasteiger partial charge in [-0.05, 0) is 13.8 Å². The first-order valence-corrected chi connectivity index (χ1v) is 3.39. The monoisotopic (exact) mass is 144 g/mol. The summed E-state index contributed by atoms with van der Waals surface area (Å²) in [6, 6.07) is 0. The fraction of sp³-hybridized carbons (Fsp3) is 0.857. The maximum Gasteiger partial charge on any atom is 0.306 e. The largest absolute Gasteiger partial charge is 0.459 e. The van der Waals surface area contributed by atoms with Crippen LogP contribution >= 0.6 is 0 Å². The summed E-state index contributed by atoms with van der Waals surface area (Å²) in [5.74, 6) is -0.232. The molecule has 10 heavy (non-hydrogen) atoms. The number of carbonyl (C=O) groups is 1. The molecule has 1 saturated heterocycles. The number of rotatable bonds is 1. The van der Waals surface area contributed by atoms with E-state index in [1.165, 1.54) is 0 Å². The van der Waals surface area contributed by atoms with Gasteiger partial charge in [0.15, 0.2) is 0 Å². The first kappa shape index (κ1) is 7.54. The molecule has 0 aromatic heterocycles. The van der Waals surface area contributed by atoms with Crippen LogP contribution in [0.4, 0.5) is 0 Å². The summed E-state index contributed by atoms with van der Waals surface area (Å²) < 4.78 is 4.95. The van der Waals surface area contributed by atoms with Crippen molar-refractivity contribution in [2.45, 2.75) is 25.9 Å². The van der Waals surface area contributed by atoms with E-state index >= 15 is 0 Å². The fourth-order valence-electron chi connectivity index (χ4n) is 1.15. The van der Waals surface area contributed by atoms with Crippen LogP contribution in [0.25, 0.3) is 0 Å². The van der Waals surface area contributed by atoms with Gasteiger partial charge in [-0.3, -0.25) is 4.79 Å². The smallest absolute Gasteiger partial charge is 0.306 e. The van der Waals surface area contributed by atoms with Crippen LogP contribution in [-0.2, 0) is 9.53 Å². The Labute approximate surface area is 60.0 Å². The molecule has 1 aliphatic heterocycles. The van der Waals surface area contributed by atoms with E-state index in [-0.39, 0.29) is 18.5 Å². The lowest BCUT2D eigenvalue weighted by Crippen LogP contribution is -2.29. The highest BCUT2D eigenvalue weighted by Crippen LogP contribution is 2.31. The van der Waals surface area contributed by atoms with Crippen molar-refractivity contribution in [1.82, 2.24) is 0 Å². The third-order valence-electron chi connectivity index (χ3n) is 1.99. The number of aliphatic hydroxyl groups excluding tert-OH is 1. The predicted molar refractivity (Wildman–Crippen MR) is 35.4 cm³/mol. The van der Waals surface area contributed by atoms with Gasteiger partial charge in [0.2, 0.25) is 0 Å². The third kappa shape index (κ3) is 1.14. The molecule has 0 bridgehead atoms. The Morgan fingerprint density at radius 1 is 1.80 bits per heavy atom. The predicted octanol–water partition coefficient (Wildman–Crippen LogP) is 0.320. The molecule has 0 spiro atoms. The molecule has 0 amide bonds. The number of aliphatic hydroxyl groups is 1. The van der Waals surface area contributed by atoms with Gasteiger partial charge >= 0.3 is 5.97 Å². The van der Waals surface area contributed by atoms with Crippen LogP contribution in [0.2, 0.25) is 0 Å². The number of hydrogen-bond donors (Lipinski definition) is 1. The molecule has 0 saturated carbocycles. The Kier molecular flexibility index (Phi) is 1.68. The van der Waals surface area contributed by atoms with Crippen molar-refractivity contribution in [3.05, 3.63) is 0 Å². The Balaban J connectivity index is 2.67. The van der Waals surface area contributed by atoms with E-state index in [4.69, 9.17) is 9.84 Å². The minimum Gasteiger partial charge on any atom is -0.459 e. The van der Waals surface area contributed by atoms with E-state index in [0.29, 0.717) is 6.42 Å². The zero-order valence-corrected chi connectivity index (χ0v) is 6.26. The molecule has 58 valence electrons. The first-order valence-electron chi connectivity index (χ1n) is 3.39. The summed E-state index contributed by atoms with van der Waals surface area (Å²) in [6.45, 7) is 3.66. The molecule has 1 N–H and O–H groups in total. The molecule has 0 radical (unpaired) electrons. The van der Waals surface area contributed by atoms with E-state index in [9.17, 15) is 4.79 Å². The zero-order valence-electron chi connectivity index (χ0n) is 6.26. The summed E-state index contributed by atoms with van der Waals surface area (Å²) in [5.41, 5.74) is -0.466. The molecule has 0 aromatic rings. The van der Waals surface area contributed by atoms with E-state index in [0.717, 1.165) is 0 Å². The molecule has 1 atom stereocenters. The number of carbonyl (C=O) groups excluding carboxylic acids is 1. The lowest BCUT2D eigenvalue weighted by atomic mass is 9.92. The number of ether oxygens (including phenoxy) is 1. The molecular formula is C7H12O3. The molecule has 1 rings (SSSR count). The van der Waals surface area contributed by atoms with Crippen LogP contribution in [0.15, 0.2) is 0 Å². The third-order valence-corrected chi connectivity index (χ3v) is 1.99. The van der Waals surface area contributed by atoms with Gasteiger partial charge < -0.3 is 9.84 Å².